The van der Waals surface area contributed by atoms with E-state index in [1.165, 1.54) is 0 Å². The Morgan fingerprint density at radius 3 is 2.07 bits per heavy atom. The summed E-state index contributed by atoms with van der Waals surface area (Å²) in [6.07, 6.45) is -0.320. The standard InChI is InChI=1S/C8H17N3O3/c9-3-6(12)1-2-8(13)14-7(4-10)5-11/h7H,1-5,9-11H2. The third-order valence-electron chi connectivity index (χ3n) is 1.66. The molecule has 0 atom stereocenters. The number of carbonyl (C=O) groups is 2. The number of ketones is 1. The Balaban J connectivity index is 3.69. The van der Waals surface area contributed by atoms with Crippen LogP contribution in [0.2, 0.25) is 0 Å². The van der Waals surface area contributed by atoms with E-state index in [1.807, 2.05) is 0 Å². The van der Waals surface area contributed by atoms with Crippen LogP contribution in [-0.4, -0.2) is 37.5 Å². The first-order valence-electron chi connectivity index (χ1n) is 4.45. The molecule has 0 aliphatic carbocycles. The van der Waals surface area contributed by atoms with Crippen molar-refractivity contribution in [3.63, 3.8) is 0 Å². The van der Waals surface area contributed by atoms with E-state index in [9.17, 15) is 9.59 Å². The van der Waals surface area contributed by atoms with Crippen LogP contribution in [0.15, 0.2) is 0 Å². The van der Waals surface area contributed by atoms with Crippen molar-refractivity contribution in [3.8, 4) is 0 Å². The maximum Gasteiger partial charge on any atom is 0.306 e. The van der Waals surface area contributed by atoms with Gasteiger partial charge in [-0.15, -0.1) is 0 Å². The van der Waals surface area contributed by atoms with Crippen molar-refractivity contribution >= 4 is 11.8 Å². The van der Waals surface area contributed by atoms with Crippen molar-refractivity contribution in [3.05, 3.63) is 0 Å². The second-order valence-electron chi connectivity index (χ2n) is 2.83. The van der Waals surface area contributed by atoms with Gasteiger partial charge < -0.3 is 21.9 Å². The molecule has 82 valence electrons. The molecule has 0 rings (SSSR count). The van der Waals surface area contributed by atoms with Crippen molar-refractivity contribution in [1.29, 1.82) is 0 Å². The van der Waals surface area contributed by atoms with E-state index >= 15 is 0 Å². The van der Waals surface area contributed by atoms with Crippen LogP contribution in [0.3, 0.4) is 0 Å². The number of carbonyl (C=O) groups excluding carboxylic acids is 2. The molecule has 0 spiro atoms. The van der Waals surface area contributed by atoms with Crippen LogP contribution in [-0.2, 0) is 14.3 Å². The van der Waals surface area contributed by atoms with Crippen LogP contribution in [0.5, 0.6) is 0 Å². The van der Waals surface area contributed by atoms with Gasteiger partial charge in [-0.25, -0.2) is 0 Å². The predicted molar refractivity (Wildman–Crippen MR) is 51.3 cm³/mol. The Kier molecular flexibility index (Phi) is 6.91. The molecule has 0 radical (unpaired) electrons. The van der Waals surface area contributed by atoms with Gasteiger partial charge in [0.15, 0.2) is 0 Å². The quantitative estimate of drug-likeness (QED) is 0.416. The minimum Gasteiger partial charge on any atom is -0.460 e. The summed E-state index contributed by atoms with van der Waals surface area (Å²) in [5, 5.41) is 0. The van der Waals surface area contributed by atoms with E-state index in [0.29, 0.717) is 0 Å². The van der Waals surface area contributed by atoms with Crippen LogP contribution < -0.4 is 17.2 Å². The lowest BCUT2D eigenvalue weighted by molar-refractivity contribution is -0.149. The number of hydrogen-bond acceptors (Lipinski definition) is 6. The molecule has 0 amide bonds. The molecule has 0 aromatic heterocycles. The van der Waals surface area contributed by atoms with Crippen LogP contribution in [0.1, 0.15) is 12.8 Å². The predicted octanol–water partition coefficient (Wildman–Crippen LogP) is -1.88. The number of esters is 1. The Morgan fingerprint density at radius 1 is 1.07 bits per heavy atom. The Bertz CT molecular complexity index is 192. The van der Waals surface area contributed by atoms with Crippen molar-refractivity contribution in [2.45, 2.75) is 18.9 Å². The summed E-state index contributed by atoms with van der Waals surface area (Å²) in [4.78, 5) is 21.8. The van der Waals surface area contributed by atoms with Gasteiger partial charge in [0.2, 0.25) is 0 Å². The topological polar surface area (TPSA) is 121 Å². The maximum absolute atomic E-state index is 11.1. The van der Waals surface area contributed by atoms with E-state index < -0.39 is 12.1 Å². The van der Waals surface area contributed by atoms with Crippen molar-refractivity contribution in [2.24, 2.45) is 17.2 Å². The normalized spacial score (nSPS) is 10.3. The fourth-order valence-electron chi connectivity index (χ4n) is 0.781. The van der Waals surface area contributed by atoms with Gasteiger partial charge in [-0.2, -0.15) is 0 Å². The number of ether oxygens (including phenoxy) is 1. The lowest BCUT2D eigenvalue weighted by Crippen LogP contribution is -2.33. The van der Waals surface area contributed by atoms with E-state index in [0.717, 1.165) is 0 Å². The molecule has 6 heteroatoms. The SMILES string of the molecule is NCC(=O)CCC(=O)OC(CN)CN. The second kappa shape index (κ2) is 7.43. The molecule has 0 aliphatic rings. The van der Waals surface area contributed by atoms with E-state index in [2.05, 4.69) is 0 Å². The fraction of sp³-hybridized carbons (Fsp3) is 0.750. The molecule has 6 N–H and O–H groups in total. The molecule has 0 bridgehead atoms. The van der Waals surface area contributed by atoms with Crippen molar-refractivity contribution in [2.75, 3.05) is 19.6 Å². The summed E-state index contributed by atoms with van der Waals surface area (Å²) in [6.45, 7) is 0.324. The second-order valence-corrected chi connectivity index (χ2v) is 2.83. The van der Waals surface area contributed by atoms with Gasteiger partial charge >= 0.3 is 5.97 Å². The van der Waals surface area contributed by atoms with Gasteiger partial charge in [0.05, 0.1) is 13.0 Å². The highest BCUT2D eigenvalue weighted by molar-refractivity contribution is 5.84. The molecule has 0 saturated carbocycles. The monoisotopic (exact) mass is 203 g/mol. The molecular weight excluding hydrogens is 186 g/mol. The van der Waals surface area contributed by atoms with E-state index in [4.69, 9.17) is 21.9 Å². The summed E-state index contributed by atoms with van der Waals surface area (Å²) in [7, 11) is 0. The third-order valence-corrected chi connectivity index (χ3v) is 1.66. The highest BCUT2D eigenvalue weighted by Crippen LogP contribution is 1.97. The fourth-order valence-corrected chi connectivity index (χ4v) is 0.781. The number of hydrogen-bond donors (Lipinski definition) is 3. The summed E-state index contributed by atoms with van der Waals surface area (Å²) >= 11 is 0. The lowest BCUT2D eigenvalue weighted by Gasteiger charge is -2.13. The van der Waals surface area contributed by atoms with Gasteiger partial charge in [0, 0.05) is 19.5 Å². The first-order valence-corrected chi connectivity index (χ1v) is 4.45. The van der Waals surface area contributed by atoms with E-state index in [1.54, 1.807) is 0 Å². The summed E-state index contributed by atoms with van der Waals surface area (Å²) in [5.74, 6) is -0.633. The molecule has 0 fully saturated rings. The molecule has 0 unspecified atom stereocenters. The minimum absolute atomic E-state index is 0.0343. The van der Waals surface area contributed by atoms with Crippen LogP contribution >= 0.6 is 0 Å². The highest BCUT2D eigenvalue weighted by Gasteiger charge is 2.12. The zero-order valence-electron chi connectivity index (χ0n) is 8.07. The average molecular weight is 203 g/mol. The highest BCUT2D eigenvalue weighted by atomic mass is 16.5. The molecular formula is C8H17N3O3. The van der Waals surface area contributed by atoms with Gasteiger partial charge in [0.1, 0.15) is 11.9 Å². The summed E-state index contributed by atoms with van der Waals surface area (Å²) in [6, 6.07) is 0. The number of rotatable bonds is 7. The third kappa shape index (κ3) is 5.63. The van der Waals surface area contributed by atoms with Crippen LogP contribution in [0.25, 0.3) is 0 Å². The van der Waals surface area contributed by atoms with Gasteiger partial charge in [-0.05, 0) is 0 Å². The Morgan fingerprint density at radius 2 is 1.64 bits per heavy atom. The van der Waals surface area contributed by atoms with Crippen molar-refractivity contribution < 1.29 is 14.3 Å². The number of nitrogens with two attached hydrogens (primary N) is 3. The maximum atomic E-state index is 11.1. The van der Waals surface area contributed by atoms with Gasteiger partial charge in [-0.1, -0.05) is 0 Å². The largest absolute Gasteiger partial charge is 0.460 e. The van der Waals surface area contributed by atoms with Crippen molar-refractivity contribution in [1.82, 2.24) is 0 Å². The first-order chi connectivity index (χ1) is 6.63. The van der Waals surface area contributed by atoms with Gasteiger partial charge in [0.25, 0.3) is 0 Å². The molecule has 0 aliphatic heterocycles. The minimum atomic E-state index is -0.465. The number of Topliss-reactive ketones (excluding diaryl/α,β-unsaturated/α-hetero) is 1. The molecule has 0 aromatic rings. The molecule has 0 aromatic carbocycles. The van der Waals surface area contributed by atoms with Crippen LogP contribution in [0, 0.1) is 0 Å². The molecule has 0 saturated heterocycles. The van der Waals surface area contributed by atoms with E-state index in [-0.39, 0.29) is 38.3 Å². The summed E-state index contributed by atoms with van der Waals surface area (Å²) in [5.41, 5.74) is 15.6. The van der Waals surface area contributed by atoms with Crippen LogP contribution in [0.4, 0.5) is 0 Å². The first kappa shape index (κ1) is 13.0. The zero-order chi connectivity index (χ0) is 11.0. The Hall–Kier alpha value is -0.980. The smallest absolute Gasteiger partial charge is 0.306 e. The molecule has 0 heterocycles. The Labute approximate surface area is 82.8 Å². The molecule has 6 nitrogen and oxygen atoms in total. The lowest BCUT2D eigenvalue weighted by atomic mass is 10.2. The molecule has 14 heavy (non-hydrogen) atoms. The zero-order valence-corrected chi connectivity index (χ0v) is 8.07. The van der Waals surface area contributed by atoms with Gasteiger partial charge in [-0.3, -0.25) is 9.59 Å². The average Bonchev–Trinajstić information content (AvgIpc) is 2.22. The summed E-state index contributed by atoms with van der Waals surface area (Å²) < 4.78 is 4.86.